The van der Waals surface area contributed by atoms with Gasteiger partial charge in [0.15, 0.2) is 0 Å². The third-order valence-corrected chi connectivity index (χ3v) is 1.19. The first kappa shape index (κ1) is 24.1. The van der Waals surface area contributed by atoms with Gasteiger partial charge in [0.25, 0.3) is 0 Å². The van der Waals surface area contributed by atoms with Gasteiger partial charge in [-0.2, -0.15) is 0 Å². The molecule has 1 aromatic carbocycles. The smallest absolute Gasteiger partial charge is 0.106 e. The number of aryl methyl sites for hydroxylation is 1. The summed E-state index contributed by atoms with van der Waals surface area (Å²) >= 11 is 0. The van der Waals surface area contributed by atoms with Gasteiger partial charge in [-0.05, 0) is 18.6 Å². The van der Waals surface area contributed by atoms with Crippen molar-refractivity contribution in [3.63, 3.8) is 0 Å². The number of rotatable bonds is 0. The lowest BCUT2D eigenvalue weighted by molar-refractivity contribution is -0.0979. The average Bonchev–Trinajstić information content (AvgIpc) is 2.42. The topological polar surface area (TPSA) is 43.1 Å². The molecule has 0 heterocycles. The van der Waals surface area contributed by atoms with Crippen molar-refractivity contribution in [2.45, 2.75) is 48.5 Å². The Morgan fingerprint density at radius 2 is 1.19 bits per heavy atom. The number of hydrogen-bond donors (Lipinski definition) is 1. The molecule has 2 heteroatoms. The molecular weight excluding hydrogens is 198 g/mol. The van der Waals surface area contributed by atoms with Crippen molar-refractivity contribution in [1.82, 2.24) is 0 Å². The van der Waals surface area contributed by atoms with E-state index in [2.05, 4.69) is 0 Å². The molecule has 2 nitrogen and oxygen atoms in total. The summed E-state index contributed by atoms with van der Waals surface area (Å²) in [5.74, 6) is 0. The Bertz CT molecular complexity index is 179. The lowest BCUT2D eigenvalue weighted by atomic mass is 10.2. The molecule has 96 valence electrons. The van der Waals surface area contributed by atoms with Crippen LogP contribution in [0.4, 0.5) is 5.69 Å². The molecule has 0 amide bonds. The molecule has 0 aliphatic carbocycles. The van der Waals surface area contributed by atoms with Crippen LogP contribution in [-0.2, 0) is 4.79 Å². The van der Waals surface area contributed by atoms with E-state index in [9.17, 15) is 0 Å². The lowest BCUT2D eigenvalue weighted by Crippen LogP contribution is -1.85. The van der Waals surface area contributed by atoms with E-state index in [1.807, 2.05) is 79.5 Å². The molecule has 0 aliphatic heterocycles. The van der Waals surface area contributed by atoms with E-state index in [0.29, 0.717) is 0 Å². The summed E-state index contributed by atoms with van der Waals surface area (Å²) in [4.78, 5) is 8.00. The number of carbonyl (C=O) groups is 1. The maximum atomic E-state index is 8.00. The monoisotopic (exact) mass is 227 g/mol. The van der Waals surface area contributed by atoms with Crippen LogP contribution in [0.25, 0.3) is 0 Å². The molecule has 0 aromatic heterocycles. The normalized spacial score (nSPS) is 5.94. The number of anilines is 1. The van der Waals surface area contributed by atoms with Crippen molar-refractivity contribution in [2.75, 3.05) is 5.73 Å². The van der Waals surface area contributed by atoms with Crippen molar-refractivity contribution in [2.24, 2.45) is 0 Å². The van der Waals surface area contributed by atoms with Gasteiger partial charge in [0, 0.05) is 5.69 Å². The van der Waals surface area contributed by atoms with Gasteiger partial charge in [0.1, 0.15) is 6.79 Å². The zero-order valence-corrected chi connectivity index (χ0v) is 12.0. The second-order valence-corrected chi connectivity index (χ2v) is 1.86. The Morgan fingerprint density at radius 3 is 1.38 bits per heavy atom. The minimum absolute atomic E-state index is 0.868. The Balaban J connectivity index is -0.0000000771. The van der Waals surface area contributed by atoms with E-state index in [1.54, 1.807) is 0 Å². The summed E-state index contributed by atoms with van der Waals surface area (Å²) in [6.07, 6.45) is 0. The molecule has 0 aliphatic rings. The molecule has 0 fully saturated rings. The first-order chi connectivity index (χ1) is 7.80. The van der Waals surface area contributed by atoms with Gasteiger partial charge in [-0.3, -0.25) is 0 Å². The highest BCUT2D eigenvalue weighted by Crippen LogP contribution is 2.06. The molecule has 0 saturated carbocycles. The van der Waals surface area contributed by atoms with Crippen molar-refractivity contribution in [3.05, 3.63) is 29.8 Å². The van der Waals surface area contributed by atoms with E-state index < -0.39 is 0 Å². The minimum atomic E-state index is 0.868. The lowest BCUT2D eigenvalue weighted by Gasteiger charge is -1.93. The van der Waals surface area contributed by atoms with Gasteiger partial charge in [-0.1, -0.05) is 59.7 Å². The van der Waals surface area contributed by atoms with E-state index in [1.165, 1.54) is 0 Å². The fraction of sp³-hybridized carbons (Fsp3) is 0.500. The third kappa shape index (κ3) is 18.5. The number of para-hydroxylation sites is 1. The van der Waals surface area contributed by atoms with Crippen molar-refractivity contribution < 1.29 is 4.79 Å². The first-order valence-corrected chi connectivity index (χ1v) is 5.90. The Morgan fingerprint density at radius 1 is 0.875 bits per heavy atom. The summed E-state index contributed by atoms with van der Waals surface area (Å²) in [6, 6.07) is 7.80. The summed E-state index contributed by atoms with van der Waals surface area (Å²) in [6.45, 7) is 16.0. The SMILES string of the molecule is C=O.CC.CC.CC.Cc1ccccc1N. The van der Waals surface area contributed by atoms with Crippen molar-refractivity contribution in [1.29, 1.82) is 0 Å². The predicted octanol–water partition coefficient (Wildman–Crippen LogP) is 4.47. The molecule has 0 atom stereocenters. The standard InChI is InChI=1S/C7H9N.3C2H6.CH2O/c1-6-4-2-3-5-7(6)8;4*1-2/h2-5H,8H2,1H3;3*1-2H3;1H2. The molecule has 1 aromatic rings. The van der Waals surface area contributed by atoms with Crippen LogP contribution in [-0.4, -0.2) is 6.79 Å². The summed E-state index contributed by atoms with van der Waals surface area (Å²) < 4.78 is 0. The molecule has 0 bridgehead atoms. The molecule has 16 heavy (non-hydrogen) atoms. The van der Waals surface area contributed by atoms with Crippen LogP contribution in [0, 0.1) is 6.92 Å². The molecule has 1 rings (SSSR count). The van der Waals surface area contributed by atoms with Gasteiger partial charge in [0.2, 0.25) is 0 Å². The Kier molecular flexibility index (Phi) is 44.0. The van der Waals surface area contributed by atoms with E-state index >= 15 is 0 Å². The van der Waals surface area contributed by atoms with Crippen LogP contribution in [0.3, 0.4) is 0 Å². The van der Waals surface area contributed by atoms with Crippen molar-refractivity contribution in [3.8, 4) is 0 Å². The highest BCUT2D eigenvalue weighted by atomic mass is 16.1. The van der Waals surface area contributed by atoms with E-state index in [0.717, 1.165) is 11.3 Å². The molecule has 0 saturated heterocycles. The number of nitrogens with two attached hydrogens (primary N) is 1. The Labute approximate surface area is 102 Å². The molecule has 0 unspecified atom stereocenters. The number of nitrogen functional groups attached to an aromatic ring is 1. The van der Waals surface area contributed by atoms with Crippen LogP contribution in [0.15, 0.2) is 24.3 Å². The zero-order chi connectivity index (χ0) is 14.0. The maximum Gasteiger partial charge on any atom is 0.106 e. The minimum Gasteiger partial charge on any atom is -0.399 e. The second kappa shape index (κ2) is 29.2. The summed E-state index contributed by atoms with van der Waals surface area (Å²) in [7, 11) is 0. The number of benzene rings is 1. The largest absolute Gasteiger partial charge is 0.399 e. The quantitative estimate of drug-likeness (QED) is 0.664. The Hall–Kier alpha value is -1.31. The highest BCUT2D eigenvalue weighted by molar-refractivity contribution is 5.44. The van der Waals surface area contributed by atoms with Crippen LogP contribution < -0.4 is 5.73 Å². The van der Waals surface area contributed by atoms with Crippen LogP contribution in [0.1, 0.15) is 47.1 Å². The molecule has 2 N–H and O–H groups in total. The predicted molar refractivity (Wildman–Crippen MR) is 76.8 cm³/mol. The molecule has 0 spiro atoms. The summed E-state index contributed by atoms with van der Waals surface area (Å²) in [5.41, 5.74) is 7.53. The fourth-order valence-corrected chi connectivity index (χ4v) is 0.587. The van der Waals surface area contributed by atoms with Gasteiger partial charge < -0.3 is 10.5 Å². The van der Waals surface area contributed by atoms with E-state index in [-0.39, 0.29) is 0 Å². The molecule has 0 radical (unpaired) electrons. The summed E-state index contributed by atoms with van der Waals surface area (Å²) in [5, 5.41) is 0. The highest BCUT2D eigenvalue weighted by Gasteiger charge is 1.84. The second-order valence-electron chi connectivity index (χ2n) is 1.86. The first-order valence-electron chi connectivity index (χ1n) is 5.90. The average molecular weight is 227 g/mol. The van der Waals surface area contributed by atoms with Gasteiger partial charge in [-0.25, -0.2) is 0 Å². The van der Waals surface area contributed by atoms with Crippen LogP contribution in [0.2, 0.25) is 0 Å². The van der Waals surface area contributed by atoms with Crippen LogP contribution in [0.5, 0.6) is 0 Å². The van der Waals surface area contributed by atoms with E-state index in [4.69, 9.17) is 10.5 Å². The molecular formula is C14H29NO. The maximum absolute atomic E-state index is 8.00. The zero-order valence-electron chi connectivity index (χ0n) is 12.0. The van der Waals surface area contributed by atoms with Gasteiger partial charge >= 0.3 is 0 Å². The fourth-order valence-electron chi connectivity index (χ4n) is 0.587. The third-order valence-electron chi connectivity index (χ3n) is 1.19. The van der Waals surface area contributed by atoms with Gasteiger partial charge in [0.05, 0.1) is 0 Å². The number of hydrogen-bond acceptors (Lipinski definition) is 2. The van der Waals surface area contributed by atoms with Crippen LogP contribution >= 0.6 is 0 Å². The van der Waals surface area contributed by atoms with Gasteiger partial charge in [-0.15, -0.1) is 0 Å². The van der Waals surface area contributed by atoms with Crippen molar-refractivity contribution >= 4 is 12.5 Å². The number of carbonyl (C=O) groups excluding carboxylic acids is 1.